The lowest BCUT2D eigenvalue weighted by atomic mass is 10.1. The minimum atomic E-state index is -0.344. The predicted molar refractivity (Wildman–Crippen MR) is 82.7 cm³/mol. The van der Waals surface area contributed by atoms with Gasteiger partial charge in [-0.3, -0.25) is 0 Å². The number of nitrogens with zero attached hydrogens (tertiary/aromatic N) is 2. The molecule has 0 aliphatic heterocycles. The summed E-state index contributed by atoms with van der Waals surface area (Å²) in [4.78, 5) is 4.60. The Kier molecular flexibility index (Phi) is 6.32. The molecule has 2 atom stereocenters. The molecule has 0 aromatic heterocycles. The van der Waals surface area contributed by atoms with Gasteiger partial charge in [0, 0.05) is 24.8 Å². The maximum atomic E-state index is 9.82. The van der Waals surface area contributed by atoms with Crippen LogP contribution in [0.2, 0.25) is 0 Å². The molecule has 0 fully saturated rings. The minimum absolute atomic E-state index is 0.344. The van der Waals surface area contributed by atoms with Gasteiger partial charge in [0.15, 0.2) is 0 Å². The molecule has 0 radical (unpaired) electrons. The Hall–Kier alpha value is -1.06. The highest BCUT2D eigenvalue weighted by atomic mass is 16.3. The predicted octanol–water partition coefficient (Wildman–Crippen LogP) is 2.91. The molecule has 1 N–H and O–H groups in total. The molecule has 0 heterocycles. The largest absolute Gasteiger partial charge is 0.388 e. The molecule has 0 aliphatic rings. The average molecular weight is 264 g/mol. The number of hydrogen-bond donors (Lipinski definition) is 1. The molecule has 1 aromatic carbocycles. The zero-order valence-electron chi connectivity index (χ0n) is 12.9. The molecule has 0 spiro atoms. The second kappa shape index (κ2) is 7.51. The van der Waals surface area contributed by atoms with Crippen LogP contribution in [0, 0.1) is 0 Å². The molecule has 3 nitrogen and oxygen atoms in total. The van der Waals surface area contributed by atoms with E-state index in [1.807, 2.05) is 19.1 Å². The van der Waals surface area contributed by atoms with Crippen molar-refractivity contribution in [2.75, 3.05) is 32.1 Å². The van der Waals surface area contributed by atoms with Crippen LogP contribution in [-0.4, -0.2) is 43.2 Å². The fourth-order valence-corrected chi connectivity index (χ4v) is 2.50. The van der Waals surface area contributed by atoms with Gasteiger partial charge in [0.1, 0.15) is 0 Å². The van der Waals surface area contributed by atoms with Crippen LogP contribution in [0.3, 0.4) is 0 Å². The second-order valence-electron chi connectivity index (χ2n) is 5.41. The van der Waals surface area contributed by atoms with Crippen LogP contribution >= 0.6 is 0 Å². The third-order valence-electron chi connectivity index (χ3n) is 3.50. The lowest BCUT2D eigenvalue weighted by molar-refractivity contribution is 0.173. The summed E-state index contributed by atoms with van der Waals surface area (Å²) in [6, 6.07) is 8.78. The zero-order valence-corrected chi connectivity index (χ0v) is 12.9. The van der Waals surface area contributed by atoms with Crippen LogP contribution in [0.15, 0.2) is 24.3 Å². The van der Waals surface area contributed by atoms with Crippen molar-refractivity contribution in [3.05, 3.63) is 29.8 Å². The Morgan fingerprint density at radius 3 is 2.11 bits per heavy atom. The topological polar surface area (TPSA) is 26.7 Å². The van der Waals surface area contributed by atoms with E-state index in [1.165, 1.54) is 5.69 Å². The van der Waals surface area contributed by atoms with Gasteiger partial charge in [-0.05, 0) is 52.1 Å². The van der Waals surface area contributed by atoms with E-state index < -0.39 is 0 Å². The first-order chi connectivity index (χ1) is 8.99. The molecule has 0 amide bonds. The monoisotopic (exact) mass is 264 g/mol. The first kappa shape index (κ1) is 16.0. The van der Waals surface area contributed by atoms with E-state index in [0.29, 0.717) is 6.04 Å². The first-order valence-corrected chi connectivity index (χ1v) is 7.18. The van der Waals surface area contributed by atoms with E-state index in [2.05, 4.69) is 49.9 Å². The molecule has 0 saturated heterocycles. The Balaban J connectivity index is 2.81. The molecular weight excluding hydrogens is 236 g/mol. The van der Waals surface area contributed by atoms with Gasteiger partial charge in [0.05, 0.1) is 6.10 Å². The molecule has 1 aromatic rings. The molecule has 0 saturated carbocycles. The van der Waals surface area contributed by atoms with E-state index >= 15 is 0 Å². The Morgan fingerprint density at radius 2 is 1.68 bits per heavy atom. The molecule has 0 bridgehead atoms. The third kappa shape index (κ3) is 4.51. The van der Waals surface area contributed by atoms with Gasteiger partial charge in [0.25, 0.3) is 0 Å². The zero-order chi connectivity index (χ0) is 14.4. The van der Waals surface area contributed by atoms with Gasteiger partial charge in [-0.2, -0.15) is 0 Å². The van der Waals surface area contributed by atoms with Crippen molar-refractivity contribution in [3.8, 4) is 0 Å². The van der Waals surface area contributed by atoms with Gasteiger partial charge < -0.3 is 14.9 Å². The fraction of sp³-hybridized carbons (Fsp3) is 0.625. The number of aliphatic hydroxyl groups excluding tert-OH is 1. The standard InChI is InChI=1S/C16H28N2O/c1-6-16(19)14-8-10-15(11-9-14)18(7-2)13(3)12-17(4)5/h8-11,13,16,19H,6-7,12H2,1-5H3/t13?,16-/m1/s1. The van der Waals surface area contributed by atoms with Crippen LogP contribution < -0.4 is 4.90 Å². The van der Waals surface area contributed by atoms with Gasteiger partial charge in [-0.25, -0.2) is 0 Å². The summed E-state index contributed by atoms with van der Waals surface area (Å²) in [5.74, 6) is 0. The summed E-state index contributed by atoms with van der Waals surface area (Å²) < 4.78 is 0. The quantitative estimate of drug-likeness (QED) is 0.820. The summed E-state index contributed by atoms with van der Waals surface area (Å²) in [6.07, 6.45) is 0.414. The Labute approximate surface area is 117 Å². The van der Waals surface area contributed by atoms with Crippen LogP contribution in [0.1, 0.15) is 38.9 Å². The van der Waals surface area contributed by atoms with Gasteiger partial charge in [0.2, 0.25) is 0 Å². The number of benzene rings is 1. The lowest BCUT2D eigenvalue weighted by Gasteiger charge is -2.32. The smallest absolute Gasteiger partial charge is 0.0787 e. The summed E-state index contributed by atoms with van der Waals surface area (Å²) in [5, 5.41) is 9.82. The van der Waals surface area contributed by atoms with Crippen LogP contribution in [0.4, 0.5) is 5.69 Å². The Morgan fingerprint density at radius 1 is 1.11 bits per heavy atom. The van der Waals surface area contributed by atoms with Crippen molar-refractivity contribution in [2.45, 2.75) is 39.3 Å². The SMILES string of the molecule is CC[C@@H](O)c1ccc(N(CC)C(C)CN(C)C)cc1. The molecule has 0 aliphatic carbocycles. The highest BCUT2D eigenvalue weighted by Crippen LogP contribution is 2.22. The molecular formula is C16H28N2O. The van der Waals surface area contributed by atoms with E-state index in [1.54, 1.807) is 0 Å². The van der Waals surface area contributed by atoms with Crippen molar-refractivity contribution >= 4 is 5.69 Å². The summed E-state index contributed by atoms with van der Waals surface area (Å²) in [5.41, 5.74) is 2.23. The van der Waals surface area contributed by atoms with E-state index in [-0.39, 0.29) is 6.10 Å². The van der Waals surface area contributed by atoms with Crippen molar-refractivity contribution in [3.63, 3.8) is 0 Å². The number of rotatable bonds is 7. The minimum Gasteiger partial charge on any atom is -0.388 e. The van der Waals surface area contributed by atoms with E-state index in [4.69, 9.17) is 0 Å². The average Bonchev–Trinajstić information content (AvgIpc) is 2.38. The van der Waals surface area contributed by atoms with Gasteiger partial charge >= 0.3 is 0 Å². The first-order valence-electron chi connectivity index (χ1n) is 7.18. The lowest BCUT2D eigenvalue weighted by Crippen LogP contribution is -2.40. The van der Waals surface area contributed by atoms with Crippen LogP contribution in [0.5, 0.6) is 0 Å². The van der Waals surface area contributed by atoms with Crippen molar-refractivity contribution in [1.29, 1.82) is 0 Å². The summed E-state index contributed by atoms with van der Waals surface area (Å²) >= 11 is 0. The highest BCUT2D eigenvalue weighted by molar-refractivity contribution is 5.48. The molecule has 19 heavy (non-hydrogen) atoms. The second-order valence-corrected chi connectivity index (χ2v) is 5.41. The third-order valence-corrected chi connectivity index (χ3v) is 3.50. The van der Waals surface area contributed by atoms with Crippen LogP contribution in [-0.2, 0) is 0 Å². The summed E-state index contributed by atoms with van der Waals surface area (Å²) in [6.45, 7) is 8.45. The van der Waals surface area contributed by atoms with Crippen LogP contribution in [0.25, 0.3) is 0 Å². The maximum Gasteiger partial charge on any atom is 0.0787 e. The number of anilines is 1. The molecule has 3 heteroatoms. The van der Waals surface area contributed by atoms with Crippen molar-refractivity contribution in [1.82, 2.24) is 4.90 Å². The molecule has 108 valence electrons. The van der Waals surface area contributed by atoms with Crippen molar-refractivity contribution < 1.29 is 5.11 Å². The number of aliphatic hydroxyl groups is 1. The maximum absolute atomic E-state index is 9.82. The van der Waals surface area contributed by atoms with Gasteiger partial charge in [-0.1, -0.05) is 19.1 Å². The summed E-state index contributed by atoms with van der Waals surface area (Å²) in [7, 11) is 4.20. The number of likely N-dealkylation sites (N-methyl/N-ethyl adjacent to an activating group) is 2. The Bertz CT molecular complexity index is 362. The number of hydrogen-bond acceptors (Lipinski definition) is 3. The van der Waals surface area contributed by atoms with Gasteiger partial charge in [-0.15, -0.1) is 0 Å². The molecule has 1 rings (SSSR count). The molecule has 1 unspecified atom stereocenters. The highest BCUT2D eigenvalue weighted by Gasteiger charge is 2.14. The normalized spacial score (nSPS) is 14.5. The van der Waals surface area contributed by atoms with E-state index in [0.717, 1.165) is 25.1 Å². The fourth-order valence-electron chi connectivity index (χ4n) is 2.50. The van der Waals surface area contributed by atoms with Crippen molar-refractivity contribution in [2.24, 2.45) is 0 Å². The van der Waals surface area contributed by atoms with E-state index in [9.17, 15) is 5.11 Å².